The van der Waals surface area contributed by atoms with Gasteiger partial charge in [0.25, 0.3) is 0 Å². The van der Waals surface area contributed by atoms with E-state index in [1.807, 2.05) is 13.0 Å². The summed E-state index contributed by atoms with van der Waals surface area (Å²) in [5.41, 5.74) is 0. The summed E-state index contributed by atoms with van der Waals surface area (Å²) in [4.78, 5) is 5.24. The zero-order valence-corrected chi connectivity index (χ0v) is 11.9. The van der Waals surface area contributed by atoms with E-state index in [2.05, 4.69) is 15.6 Å². The second-order valence-electron chi connectivity index (χ2n) is 4.30. The van der Waals surface area contributed by atoms with Crippen LogP contribution in [0.1, 0.15) is 30.7 Å². The maximum atomic E-state index is 9.99. The number of aliphatic imine (C=N–C) groups is 1. The normalized spacial score (nSPS) is 17.6. The monoisotopic (exact) mass is 287 g/mol. The van der Waals surface area contributed by atoms with Gasteiger partial charge in [-0.25, -0.2) is 0 Å². The second-order valence-corrected chi connectivity index (χ2v) is 6.04. The molecule has 4 nitrogen and oxygen atoms in total. The van der Waals surface area contributed by atoms with Crippen molar-refractivity contribution in [2.75, 3.05) is 13.1 Å². The van der Waals surface area contributed by atoms with Crippen molar-refractivity contribution in [3.63, 3.8) is 0 Å². The number of hydrogen-bond donors (Lipinski definition) is 3. The fourth-order valence-electron chi connectivity index (χ4n) is 1.52. The largest absolute Gasteiger partial charge is 0.386 e. The standard InChI is InChI=1S/C12H18ClN3OS/c1-2-14-12(16-8-3-4-8)15-7-9(17)10-5-6-11(13)18-10/h5-6,8-9,17H,2-4,7H2,1H3,(H2,14,15,16). The fourth-order valence-corrected chi connectivity index (χ4v) is 2.55. The average Bonchev–Trinajstić information content (AvgIpc) is 3.05. The van der Waals surface area contributed by atoms with E-state index in [1.54, 1.807) is 6.07 Å². The van der Waals surface area contributed by atoms with Gasteiger partial charge in [0.1, 0.15) is 6.10 Å². The second kappa shape index (κ2) is 6.41. The Balaban J connectivity index is 1.89. The van der Waals surface area contributed by atoms with Gasteiger partial charge >= 0.3 is 0 Å². The molecule has 2 rings (SSSR count). The third-order valence-electron chi connectivity index (χ3n) is 2.61. The lowest BCUT2D eigenvalue weighted by Crippen LogP contribution is -2.38. The third-order valence-corrected chi connectivity index (χ3v) is 3.94. The molecule has 100 valence electrons. The van der Waals surface area contributed by atoms with E-state index in [1.165, 1.54) is 24.2 Å². The highest BCUT2D eigenvalue weighted by Crippen LogP contribution is 2.27. The number of aliphatic hydroxyl groups excluding tert-OH is 1. The van der Waals surface area contributed by atoms with Crippen LogP contribution in [0.2, 0.25) is 4.34 Å². The summed E-state index contributed by atoms with van der Waals surface area (Å²) in [6.45, 7) is 3.19. The fraction of sp³-hybridized carbons (Fsp3) is 0.583. The van der Waals surface area contributed by atoms with Crippen LogP contribution in [-0.2, 0) is 0 Å². The summed E-state index contributed by atoms with van der Waals surface area (Å²) >= 11 is 7.23. The van der Waals surface area contributed by atoms with Crippen LogP contribution >= 0.6 is 22.9 Å². The molecule has 1 unspecified atom stereocenters. The van der Waals surface area contributed by atoms with Gasteiger partial charge in [0.2, 0.25) is 0 Å². The Hall–Kier alpha value is -0.780. The van der Waals surface area contributed by atoms with Gasteiger partial charge in [-0.3, -0.25) is 4.99 Å². The van der Waals surface area contributed by atoms with Crippen LogP contribution in [0.25, 0.3) is 0 Å². The molecule has 6 heteroatoms. The van der Waals surface area contributed by atoms with Crippen LogP contribution in [0.4, 0.5) is 0 Å². The molecule has 1 atom stereocenters. The van der Waals surface area contributed by atoms with E-state index >= 15 is 0 Å². The summed E-state index contributed by atoms with van der Waals surface area (Å²) in [5, 5.41) is 16.5. The van der Waals surface area contributed by atoms with Crippen molar-refractivity contribution in [3.8, 4) is 0 Å². The highest BCUT2D eigenvalue weighted by molar-refractivity contribution is 7.16. The number of nitrogens with zero attached hydrogens (tertiary/aromatic N) is 1. The minimum Gasteiger partial charge on any atom is -0.386 e. The van der Waals surface area contributed by atoms with E-state index in [-0.39, 0.29) is 0 Å². The number of guanidine groups is 1. The van der Waals surface area contributed by atoms with E-state index in [4.69, 9.17) is 11.6 Å². The molecule has 0 bridgehead atoms. The molecule has 0 aliphatic heterocycles. The number of nitrogens with one attached hydrogen (secondary N) is 2. The number of halogens is 1. The summed E-state index contributed by atoms with van der Waals surface area (Å²) < 4.78 is 0.691. The first-order valence-corrected chi connectivity index (χ1v) is 7.36. The van der Waals surface area contributed by atoms with Crippen LogP contribution < -0.4 is 10.6 Å². The number of thiophene rings is 1. The van der Waals surface area contributed by atoms with Crippen molar-refractivity contribution in [2.24, 2.45) is 4.99 Å². The highest BCUT2D eigenvalue weighted by Gasteiger charge is 2.22. The van der Waals surface area contributed by atoms with Crippen LogP contribution in [0.15, 0.2) is 17.1 Å². The van der Waals surface area contributed by atoms with Crippen molar-refractivity contribution in [2.45, 2.75) is 31.9 Å². The maximum Gasteiger partial charge on any atom is 0.191 e. The minimum absolute atomic E-state index is 0.346. The first kappa shape index (κ1) is 13.6. The Kier molecular flexibility index (Phi) is 4.86. The zero-order chi connectivity index (χ0) is 13.0. The summed E-state index contributed by atoms with van der Waals surface area (Å²) in [6.07, 6.45) is 1.82. The van der Waals surface area contributed by atoms with Gasteiger partial charge < -0.3 is 15.7 Å². The van der Waals surface area contributed by atoms with E-state index in [9.17, 15) is 5.11 Å². The predicted octanol–water partition coefficient (Wildman–Crippen LogP) is 2.15. The van der Waals surface area contributed by atoms with Crippen molar-refractivity contribution in [1.29, 1.82) is 0 Å². The molecule has 0 aromatic carbocycles. The van der Waals surface area contributed by atoms with Gasteiger partial charge in [0.15, 0.2) is 5.96 Å². The SMILES string of the molecule is CCNC(=NCC(O)c1ccc(Cl)s1)NC1CC1. The van der Waals surface area contributed by atoms with Gasteiger partial charge in [-0.1, -0.05) is 11.6 Å². The van der Waals surface area contributed by atoms with Crippen LogP contribution in [-0.4, -0.2) is 30.2 Å². The molecule has 0 radical (unpaired) electrons. The molecule has 0 saturated heterocycles. The lowest BCUT2D eigenvalue weighted by Gasteiger charge is -2.11. The molecule has 1 aromatic rings. The molecule has 1 heterocycles. The molecule has 1 fully saturated rings. The summed E-state index contributed by atoms with van der Waals surface area (Å²) in [6, 6.07) is 4.19. The van der Waals surface area contributed by atoms with Crippen LogP contribution in [0.5, 0.6) is 0 Å². The van der Waals surface area contributed by atoms with Crippen molar-refractivity contribution in [3.05, 3.63) is 21.3 Å². The van der Waals surface area contributed by atoms with E-state index in [0.29, 0.717) is 16.9 Å². The first-order chi connectivity index (χ1) is 8.69. The first-order valence-electron chi connectivity index (χ1n) is 6.17. The van der Waals surface area contributed by atoms with Gasteiger partial charge in [-0.15, -0.1) is 11.3 Å². The molecule has 1 aromatic heterocycles. The lowest BCUT2D eigenvalue weighted by atomic mass is 10.3. The number of aliphatic hydroxyl groups is 1. The minimum atomic E-state index is -0.586. The molecule has 1 aliphatic carbocycles. The summed E-state index contributed by atoms with van der Waals surface area (Å²) in [5.74, 6) is 0.779. The molecule has 3 N–H and O–H groups in total. The quantitative estimate of drug-likeness (QED) is 0.574. The van der Waals surface area contributed by atoms with Crippen molar-refractivity contribution < 1.29 is 5.11 Å². The number of hydrogen-bond acceptors (Lipinski definition) is 3. The Labute approximate surface area is 116 Å². The van der Waals surface area contributed by atoms with Gasteiger partial charge in [-0.05, 0) is 31.9 Å². The Morgan fingerprint density at radius 2 is 2.39 bits per heavy atom. The molecule has 0 spiro atoms. The Morgan fingerprint density at radius 3 is 2.94 bits per heavy atom. The highest BCUT2D eigenvalue weighted by atomic mass is 35.5. The van der Waals surface area contributed by atoms with E-state index in [0.717, 1.165) is 17.4 Å². The average molecular weight is 288 g/mol. The Morgan fingerprint density at radius 1 is 1.61 bits per heavy atom. The summed E-state index contributed by atoms with van der Waals surface area (Å²) in [7, 11) is 0. The molecular weight excluding hydrogens is 270 g/mol. The van der Waals surface area contributed by atoms with Crippen molar-refractivity contribution in [1.82, 2.24) is 10.6 Å². The lowest BCUT2D eigenvalue weighted by molar-refractivity contribution is 0.191. The van der Waals surface area contributed by atoms with Crippen LogP contribution in [0.3, 0.4) is 0 Å². The van der Waals surface area contributed by atoms with Gasteiger partial charge in [0.05, 0.1) is 10.9 Å². The maximum absolute atomic E-state index is 9.99. The van der Waals surface area contributed by atoms with Gasteiger partial charge in [0, 0.05) is 17.5 Å². The van der Waals surface area contributed by atoms with Crippen molar-refractivity contribution >= 4 is 28.9 Å². The smallest absolute Gasteiger partial charge is 0.191 e. The third kappa shape index (κ3) is 4.15. The number of rotatable bonds is 5. The topological polar surface area (TPSA) is 56.7 Å². The molecular formula is C12H18ClN3OS. The molecule has 1 aliphatic rings. The van der Waals surface area contributed by atoms with Crippen LogP contribution in [0, 0.1) is 0 Å². The Bertz CT molecular complexity index is 417. The van der Waals surface area contributed by atoms with E-state index < -0.39 is 6.10 Å². The molecule has 1 saturated carbocycles. The predicted molar refractivity (Wildman–Crippen MR) is 76.4 cm³/mol. The van der Waals surface area contributed by atoms with Gasteiger partial charge in [-0.2, -0.15) is 0 Å². The zero-order valence-electron chi connectivity index (χ0n) is 10.3. The molecule has 18 heavy (non-hydrogen) atoms. The molecule has 0 amide bonds.